The van der Waals surface area contributed by atoms with Crippen LogP contribution in [0.4, 0.5) is 0 Å². The van der Waals surface area contributed by atoms with Crippen molar-refractivity contribution in [3.05, 3.63) is 34.9 Å². The van der Waals surface area contributed by atoms with Crippen LogP contribution >= 0.6 is 11.6 Å². The van der Waals surface area contributed by atoms with Crippen molar-refractivity contribution in [3.63, 3.8) is 0 Å². The summed E-state index contributed by atoms with van der Waals surface area (Å²) in [6, 6.07) is 7.68. The molecule has 0 spiro atoms. The van der Waals surface area contributed by atoms with Gasteiger partial charge in [-0.15, -0.1) is 0 Å². The number of hydrogen-bond donors (Lipinski definition) is 2. The number of nitrogens with zero attached hydrogens (tertiary/aromatic N) is 1. The van der Waals surface area contributed by atoms with Crippen LogP contribution in [0.5, 0.6) is 0 Å². The van der Waals surface area contributed by atoms with E-state index < -0.39 is 0 Å². The molecule has 1 heterocycles. The zero-order chi connectivity index (χ0) is 13.8. The van der Waals surface area contributed by atoms with Gasteiger partial charge < -0.3 is 11.1 Å². The van der Waals surface area contributed by atoms with E-state index in [4.69, 9.17) is 17.3 Å². The minimum absolute atomic E-state index is 0.0153. The number of benzene rings is 1. The average Bonchev–Trinajstić information content (AvgIpc) is 2.74. The molecule has 1 aromatic rings. The summed E-state index contributed by atoms with van der Waals surface area (Å²) in [6.07, 6.45) is 0.966. The van der Waals surface area contributed by atoms with Crippen LogP contribution in [0, 0.1) is 0 Å². The Labute approximate surface area is 118 Å². The molecule has 104 valence electrons. The lowest BCUT2D eigenvalue weighted by Crippen LogP contribution is -2.38. The fourth-order valence-corrected chi connectivity index (χ4v) is 2.70. The number of likely N-dealkylation sites (tertiary alicyclic amines) is 1. The van der Waals surface area contributed by atoms with E-state index in [1.54, 1.807) is 0 Å². The van der Waals surface area contributed by atoms with Gasteiger partial charge in [0, 0.05) is 24.2 Å². The molecule has 4 nitrogen and oxygen atoms in total. The lowest BCUT2D eigenvalue weighted by molar-refractivity contribution is -0.122. The smallest absolute Gasteiger partial charge is 0.234 e. The molecule has 1 saturated heterocycles. The third kappa shape index (κ3) is 3.93. The largest absolute Gasteiger partial charge is 0.348 e. The van der Waals surface area contributed by atoms with Crippen molar-refractivity contribution in [2.75, 3.05) is 19.6 Å². The number of carbonyl (C=O) groups is 1. The van der Waals surface area contributed by atoms with Gasteiger partial charge in [-0.25, -0.2) is 0 Å². The average molecular weight is 282 g/mol. The summed E-state index contributed by atoms with van der Waals surface area (Å²) < 4.78 is 0. The van der Waals surface area contributed by atoms with E-state index in [1.807, 2.05) is 31.2 Å². The quantitative estimate of drug-likeness (QED) is 0.880. The number of nitrogens with one attached hydrogen (secondary N) is 1. The molecular weight excluding hydrogens is 262 g/mol. The number of nitrogens with two attached hydrogens (primary N) is 1. The fraction of sp³-hybridized carbons (Fsp3) is 0.500. The minimum atomic E-state index is -0.0857. The molecule has 1 aliphatic rings. The van der Waals surface area contributed by atoms with Crippen LogP contribution in [0.25, 0.3) is 0 Å². The molecule has 1 amide bonds. The summed E-state index contributed by atoms with van der Waals surface area (Å²) in [6.45, 7) is 4.04. The Bertz CT molecular complexity index is 452. The molecule has 0 bridgehead atoms. The van der Waals surface area contributed by atoms with Gasteiger partial charge in [-0.3, -0.25) is 9.69 Å². The molecule has 2 unspecified atom stereocenters. The Balaban J connectivity index is 1.87. The van der Waals surface area contributed by atoms with Gasteiger partial charge in [0.2, 0.25) is 5.91 Å². The highest BCUT2D eigenvalue weighted by atomic mass is 35.5. The Hall–Kier alpha value is -1.10. The normalized spacial score (nSPS) is 21.3. The van der Waals surface area contributed by atoms with Gasteiger partial charge in [0.05, 0.1) is 12.6 Å². The minimum Gasteiger partial charge on any atom is -0.348 e. The van der Waals surface area contributed by atoms with Crippen LogP contribution in [0.1, 0.15) is 24.9 Å². The van der Waals surface area contributed by atoms with Crippen LogP contribution < -0.4 is 11.1 Å². The van der Waals surface area contributed by atoms with Gasteiger partial charge in [0.15, 0.2) is 0 Å². The Kier molecular flexibility index (Phi) is 4.80. The summed E-state index contributed by atoms with van der Waals surface area (Å²) >= 11 is 6.11. The topological polar surface area (TPSA) is 58.4 Å². The van der Waals surface area contributed by atoms with E-state index in [0.717, 1.165) is 25.1 Å². The van der Waals surface area contributed by atoms with E-state index in [1.165, 1.54) is 0 Å². The van der Waals surface area contributed by atoms with Gasteiger partial charge >= 0.3 is 0 Å². The maximum absolute atomic E-state index is 12.0. The van der Waals surface area contributed by atoms with Crippen molar-refractivity contribution in [1.29, 1.82) is 0 Å². The molecule has 1 aliphatic heterocycles. The van der Waals surface area contributed by atoms with E-state index >= 15 is 0 Å². The lowest BCUT2D eigenvalue weighted by atomic mass is 10.1. The predicted octanol–water partition coefficient (Wildman–Crippen LogP) is 1.55. The zero-order valence-corrected chi connectivity index (χ0v) is 11.9. The fourth-order valence-electron chi connectivity index (χ4n) is 2.40. The Morgan fingerprint density at radius 1 is 1.58 bits per heavy atom. The molecule has 0 saturated carbocycles. The number of rotatable bonds is 4. The van der Waals surface area contributed by atoms with Crippen molar-refractivity contribution < 1.29 is 4.79 Å². The molecule has 0 aliphatic carbocycles. The van der Waals surface area contributed by atoms with Crippen molar-refractivity contribution in [3.8, 4) is 0 Å². The second-order valence-electron chi connectivity index (χ2n) is 5.09. The maximum Gasteiger partial charge on any atom is 0.234 e. The molecule has 2 rings (SSSR count). The highest BCUT2D eigenvalue weighted by Crippen LogP contribution is 2.22. The second-order valence-corrected chi connectivity index (χ2v) is 5.50. The molecule has 0 aromatic heterocycles. The highest BCUT2D eigenvalue weighted by Gasteiger charge is 2.21. The first-order valence-electron chi connectivity index (χ1n) is 6.58. The van der Waals surface area contributed by atoms with Gasteiger partial charge in [0.25, 0.3) is 0 Å². The zero-order valence-electron chi connectivity index (χ0n) is 11.1. The van der Waals surface area contributed by atoms with Gasteiger partial charge in [-0.05, 0) is 25.0 Å². The van der Waals surface area contributed by atoms with E-state index in [0.29, 0.717) is 11.6 Å². The number of amides is 1. The van der Waals surface area contributed by atoms with Crippen LogP contribution in [0.2, 0.25) is 5.02 Å². The van der Waals surface area contributed by atoms with Crippen molar-refractivity contribution >= 4 is 17.5 Å². The highest BCUT2D eigenvalue weighted by molar-refractivity contribution is 6.31. The van der Waals surface area contributed by atoms with E-state index in [9.17, 15) is 4.79 Å². The van der Waals surface area contributed by atoms with E-state index in [-0.39, 0.29) is 18.0 Å². The molecule has 0 radical (unpaired) electrons. The molecule has 1 fully saturated rings. The van der Waals surface area contributed by atoms with Crippen LogP contribution in [-0.2, 0) is 4.79 Å². The monoisotopic (exact) mass is 281 g/mol. The number of hydrogen-bond acceptors (Lipinski definition) is 3. The molecule has 3 N–H and O–H groups in total. The van der Waals surface area contributed by atoms with E-state index in [2.05, 4.69) is 10.2 Å². The molecule has 2 atom stereocenters. The summed E-state index contributed by atoms with van der Waals surface area (Å²) in [5.41, 5.74) is 6.76. The van der Waals surface area contributed by atoms with Crippen molar-refractivity contribution in [2.24, 2.45) is 5.73 Å². The molecular formula is C14H20ClN3O. The first kappa shape index (κ1) is 14.3. The Morgan fingerprint density at radius 2 is 2.32 bits per heavy atom. The van der Waals surface area contributed by atoms with Crippen molar-refractivity contribution in [2.45, 2.75) is 25.4 Å². The third-order valence-electron chi connectivity index (χ3n) is 3.43. The lowest BCUT2D eigenvalue weighted by Gasteiger charge is -2.19. The van der Waals surface area contributed by atoms with Gasteiger partial charge in [0.1, 0.15) is 0 Å². The summed E-state index contributed by atoms with van der Waals surface area (Å²) in [4.78, 5) is 14.0. The van der Waals surface area contributed by atoms with Crippen molar-refractivity contribution in [1.82, 2.24) is 10.2 Å². The van der Waals surface area contributed by atoms with Crippen LogP contribution in [0.15, 0.2) is 24.3 Å². The van der Waals surface area contributed by atoms with Crippen LogP contribution in [0.3, 0.4) is 0 Å². The first-order chi connectivity index (χ1) is 9.06. The summed E-state index contributed by atoms with van der Waals surface area (Å²) in [5.74, 6) is 0.0153. The third-order valence-corrected chi connectivity index (χ3v) is 3.77. The summed E-state index contributed by atoms with van der Waals surface area (Å²) in [7, 11) is 0. The van der Waals surface area contributed by atoms with Gasteiger partial charge in [-0.2, -0.15) is 0 Å². The standard InChI is InChI=1S/C14H20ClN3O/c1-10(12-4-2-3-5-13(12)15)17-14(19)9-18-7-6-11(16)8-18/h2-5,10-11H,6-9,16H2,1H3,(H,17,19). The maximum atomic E-state index is 12.0. The number of halogens is 1. The number of carbonyl (C=O) groups excluding carboxylic acids is 1. The molecule has 19 heavy (non-hydrogen) atoms. The Morgan fingerprint density at radius 3 is 2.95 bits per heavy atom. The predicted molar refractivity (Wildman–Crippen MR) is 77.0 cm³/mol. The molecule has 5 heteroatoms. The summed E-state index contributed by atoms with van der Waals surface area (Å²) in [5, 5.41) is 3.65. The molecule has 1 aromatic carbocycles. The van der Waals surface area contributed by atoms with Gasteiger partial charge in [-0.1, -0.05) is 29.8 Å². The van der Waals surface area contributed by atoms with Crippen LogP contribution in [-0.4, -0.2) is 36.5 Å². The second kappa shape index (κ2) is 6.37. The first-order valence-corrected chi connectivity index (χ1v) is 6.96. The SMILES string of the molecule is CC(NC(=O)CN1CCC(N)C1)c1ccccc1Cl.